The summed E-state index contributed by atoms with van der Waals surface area (Å²) in [5.74, 6) is 0.824. The maximum absolute atomic E-state index is 3.80. The van der Waals surface area contributed by atoms with E-state index in [2.05, 4.69) is 76.9 Å². The molecule has 0 bridgehead atoms. The monoisotopic (exact) mass is 402 g/mol. The summed E-state index contributed by atoms with van der Waals surface area (Å²) in [6.45, 7) is 6.87. The highest BCUT2D eigenvalue weighted by Crippen LogP contribution is 2.39. The average Bonchev–Trinajstić information content (AvgIpc) is 2.49. The standard InChI is InChI=1S/C18H28Br2/c1-4-6-10-16(5-2)12-18(13-19,14-20)17-11-8-7-9-15(17)3/h7-9,11,16H,4-6,10,12-14H2,1-3H3. The van der Waals surface area contributed by atoms with Crippen molar-refractivity contribution >= 4 is 31.9 Å². The molecule has 114 valence electrons. The molecule has 0 aliphatic heterocycles. The van der Waals surface area contributed by atoms with Gasteiger partial charge in [-0.15, -0.1) is 0 Å². The molecule has 0 saturated carbocycles. The van der Waals surface area contributed by atoms with Gasteiger partial charge in [0.2, 0.25) is 0 Å². The van der Waals surface area contributed by atoms with E-state index in [1.165, 1.54) is 43.2 Å². The highest BCUT2D eigenvalue weighted by molar-refractivity contribution is 9.09. The lowest BCUT2D eigenvalue weighted by Gasteiger charge is -2.35. The van der Waals surface area contributed by atoms with Crippen molar-refractivity contribution in [3.63, 3.8) is 0 Å². The molecule has 0 amide bonds. The van der Waals surface area contributed by atoms with E-state index >= 15 is 0 Å². The zero-order valence-electron chi connectivity index (χ0n) is 13.1. The predicted molar refractivity (Wildman–Crippen MR) is 98.4 cm³/mol. The molecule has 0 saturated heterocycles. The number of rotatable bonds is 9. The van der Waals surface area contributed by atoms with Gasteiger partial charge >= 0.3 is 0 Å². The number of unbranched alkanes of at least 4 members (excludes halogenated alkanes) is 1. The van der Waals surface area contributed by atoms with Gasteiger partial charge in [-0.3, -0.25) is 0 Å². The second kappa shape index (κ2) is 9.25. The van der Waals surface area contributed by atoms with E-state index < -0.39 is 0 Å². The lowest BCUT2D eigenvalue weighted by molar-refractivity contribution is 0.337. The van der Waals surface area contributed by atoms with Crippen molar-refractivity contribution in [1.82, 2.24) is 0 Å². The fourth-order valence-electron chi connectivity index (χ4n) is 3.06. The molecule has 0 nitrogen and oxygen atoms in total. The molecule has 1 aromatic carbocycles. The van der Waals surface area contributed by atoms with Crippen LogP contribution in [-0.2, 0) is 5.41 Å². The average molecular weight is 404 g/mol. The van der Waals surface area contributed by atoms with E-state index in [1.54, 1.807) is 0 Å². The van der Waals surface area contributed by atoms with E-state index in [-0.39, 0.29) is 5.41 Å². The lowest BCUT2D eigenvalue weighted by atomic mass is 9.73. The first-order valence-corrected chi connectivity index (χ1v) is 10.1. The topological polar surface area (TPSA) is 0 Å². The van der Waals surface area contributed by atoms with Gasteiger partial charge in [-0.25, -0.2) is 0 Å². The van der Waals surface area contributed by atoms with Crippen molar-refractivity contribution < 1.29 is 0 Å². The van der Waals surface area contributed by atoms with Crippen LogP contribution in [0, 0.1) is 12.8 Å². The Bertz CT molecular complexity index is 383. The molecule has 0 aliphatic carbocycles. The smallest absolute Gasteiger partial charge is 0.0152 e. The second-order valence-corrected chi connectivity index (χ2v) is 7.10. The first kappa shape index (κ1) is 18.2. The van der Waals surface area contributed by atoms with Crippen molar-refractivity contribution in [1.29, 1.82) is 0 Å². The van der Waals surface area contributed by atoms with E-state index in [0.717, 1.165) is 16.6 Å². The van der Waals surface area contributed by atoms with Crippen LogP contribution in [0.1, 0.15) is 57.1 Å². The summed E-state index contributed by atoms with van der Waals surface area (Å²) in [6, 6.07) is 8.86. The molecule has 0 aliphatic rings. The van der Waals surface area contributed by atoms with Crippen LogP contribution in [0.15, 0.2) is 24.3 Å². The SMILES string of the molecule is CCCCC(CC)CC(CBr)(CBr)c1ccccc1C. The summed E-state index contributed by atoms with van der Waals surface area (Å²) < 4.78 is 0. The highest BCUT2D eigenvalue weighted by Gasteiger charge is 2.33. The van der Waals surface area contributed by atoms with Crippen LogP contribution in [-0.4, -0.2) is 10.7 Å². The second-order valence-electron chi connectivity index (χ2n) is 5.98. The Morgan fingerprint density at radius 1 is 1.10 bits per heavy atom. The van der Waals surface area contributed by atoms with E-state index in [0.29, 0.717) is 0 Å². The largest absolute Gasteiger partial charge is 0.0918 e. The first-order chi connectivity index (χ1) is 9.63. The van der Waals surface area contributed by atoms with Gasteiger partial charge in [0.25, 0.3) is 0 Å². The quantitative estimate of drug-likeness (QED) is 0.406. The van der Waals surface area contributed by atoms with Crippen LogP contribution in [0.4, 0.5) is 0 Å². The molecule has 0 radical (unpaired) electrons. The Balaban J connectivity index is 2.99. The van der Waals surface area contributed by atoms with Crippen LogP contribution in [0.5, 0.6) is 0 Å². The van der Waals surface area contributed by atoms with Crippen LogP contribution < -0.4 is 0 Å². The minimum atomic E-state index is 0.222. The number of alkyl halides is 2. The molecule has 1 aromatic rings. The van der Waals surface area contributed by atoms with Gasteiger partial charge in [0.1, 0.15) is 0 Å². The summed E-state index contributed by atoms with van der Waals surface area (Å²) in [4.78, 5) is 0. The Morgan fingerprint density at radius 2 is 1.75 bits per heavy atom. The van der Waals surface area contributed by atoms with Crippen LogP contribution in [0.2, 0.25) is 0 Å². The van der Waals surface area contributed by atoms with Gasteiger partial charge in [-0.2, -0.15) is 0 Å². The summed E-state index contributed by atoms with van der Waals surface area (Å²) in [5.41, 5.74) is 3.14. The third kappa shape index (κ3) is 4.59. The van der Waals surface area contributed by atoms with E-state index in [9.17, 15) is 0 Å². The number of hydrogen-bond acceptors (Lipinski definition) is 0. The molecule has 1 unspecified atom stereocenters. The number of hydrogen-bond donors (Lipinski definition) is 0. The maximum Gasteiger partial charge on any atom is 0.0152 e. The maximum atomic E-state index is 3.80. The summed E-state index contributed by atoms with van der Waals surface area (Å²) in [6.07, 6.45) is 6.57. The van der Waals surface area contributed by atoms with E-state index in [4.69, 9.17) is 0 Å². The molecule has 2 heteroatoms. The lowest BCUT2D eigenvalue weighted by Crippen LogP contribution is -2.33. The number of benzene rings is 1. The van der Waals surface area contributed by atoms with Crippen molar-refractivity contribution in [2.24, 2.45) is 5.92 Å². The third-order valence-electron chi connectivity index (χ3n) is 4.45. The minimum Gasteiger partial charge on any atom is -0.0918 e. The third-order valence-corrected chi connectivity index (χ3v) is 6.60. The van der Waals surface area contributed by atoms with Crippen molar-refractivity contribution in [3.05, 3.63) is 35.4 Å². The van der Waals surface area contributed by atoms with Gasteiger partial charge in [0.15, 0.2) is 0 Å². The molecule has 0 heterocycles. The molecule has 0 fully saturated rings. The fraction of sp³-hybridized carbons (Fsp3) is 0.667. The summed E-state index contributed by atoms with van der Waals surface area (Å²) in [5, 5.41) is 2.05. The fourth-order valence-corrected chi connectivity index (χ4v) is 5.05. The van der Waals surface area contributed by atoms with Gasteiger partial charge in [-0.05, 0) is 30.4 Å². The van der Waals surface area contributed by atoms with Gasteiger partial charge in [0, 0.05) is 16.1 Å². The van der Waals surface area contributed by atoms with Crippen LogP contribution in [0.3, 0.4) is 0 Å². The summed E-state index contributed by atoms with van der Waals surface area (Å²) >= 11 is 7.60. The number of aryl methyl sites for hydroxylation is 1. The number of halogens is 2. The predicted octanol–water partition coefficient (Wildman–Crippen LogP) is 6.63. The van der Waals surface area contributed by atoms with Gasteiger partial charge in [-0.1, -0.05) is 95.7 Å². The van der Waals surface area contributed by atoms with Crippen molar-refractivity contribution in [2.45, 2.75) is 58.3 Å². The molecule has 1 rings (SSSR count). The Hall–Kier alpha value is 0.180. The summed E-state index contributed by atoms with van der Waals surface area (Å²) in [7, 11) is 0. The van der Waals surface area contributed by atoms with E-state index in [1.807, 2.05) is 0 Å². The van der Waals surface area contributed by atoms with Crippen LogP contribution in [0.25, 0.3) is 0 Å². The molecule has 0 aromatic heterocycles. The Labute approximate surface area is 142 Å². The molecule has 1 atom stereocenters. The van der Waals surface area contributed by atoms with Gasteiger partial charge < -0.3 is 0 Å². The molecular weight excluding hydrogens is 376 g/mol. The van der Waals surface area contributed by atoms with Crippen molar-refractivity contribution in [2.75, 3.05) is 10.7 Å². The molecule has 0 N–H and O–H groups in total. The Morgan fingerprint density at radius 3 is 2.25 bits per heavy atom. The first-order valence-electron chi connectivity index (χ1n) is 7.81. The molecule has 20 heavy (non-hydrogen) atoms. The normalized spacial score (nSPS) is 13.4. The Kier molecular flexibility index (Phi) is 8.43. The van der Waals surface area contributed by atoms with Gasteiger partial charge in [0.05, 0.1) is 0 Å². The van der Waals surface area contributed by atoms with Crippen molar-refractivity contribution in [3.8, 4) is 0 Å². The zero-order valence-corrected chi connectivity index (χ0v) is 16.3. The zero-order chi connectivity index (χ0) is 15.0. The van der Waals surface area contributed by atoms with Crippen LogP contribution >= 0.6 is 31.9 Å². The highest BCUT2D eigenvalue weighted by atomic mass is 79.9. The minimum absolute atomic E-state index is 0.222. The molecule has 0 spiro atoms. The molecular formula is C18H28Br2.